The van der Waals surface area contributed by atoms with Crippen LogP contribution in [0.25, 0.3) is 0 Å². The summed E-state index contributed by atoms with van der Waals surface area (Å²) in [6.07, 6.45) is 3.83. The number of hydrogen-bond donors (Lipinski definition) is 2. The molecule has 0 spiro atoms. The van der Waals surface area contributed by atoms with Crippen molar-refractivity contribution in [2.45, 2.75) is 39.7 Å². The zero-order valence-electron chi connectivity index (χ0n) is 16.3. The van der Waals surface area contributed by atoms with Crippen LogP contribution in [-0.2, 0) is 6.54 Å². The molecular formula is C20H34N4O. The minimum absolute atomic E-state index is 0.681. The van der Waals surface area contributed by atoms with Crippen LogP contribution in [-0.4, -0.2) is 51.2 Å². The van der Waals surface area contributed by atoms with Gasteiger partial charge >= 0.3 is 0 Å². The van der Waals surface area contributed by atoms with Crippen molar-refractivity contribution in [3.05, 3.63) is 29.3 Å². The van der Waals surface area contributed by atoms with Gasteiger partial charge in [0.2, 0.25) is 0 Å². The van der Waals surface area contributed by atoms with E-state index in [9.17, 15) is 0 Å². The number of benzene rings is 1. The molecule has 0 bridgehead atoms. The predicted molar refractivity (Wildman–Crippen MR) is 105 cm³/mol. The fourth-order valence-corrected chi connectivity index (χ4v) is 3.24. The van der Waals surface area contributed by atoms with Crippen LogP contribution >= 0.6 is 0 Å². The van der Waals surface area contributed by atoms with Gasteiger partial charge in [0.1, 0.15) is 5.75 Å². The number of guanidine groups is 1. The third kappa shape index (κ3) is 6.58. The van der Waals surface area contributed by atoms with Crippen molar-refractivity contribution >= 4 is 5.96 Å². The number of nitrogens with one attached hydrogen (secondary N) is 2. The Morgan fingerprint density at radius 2 is 2.04 bits per heavy atom. The van der Waals surface area contributed by atoms with Crippen LogP contribution < -0.4 is 15.4 Å². The minimum Gasteiger partial charge on any atom is -0.494 e. The molecule has 1 heterocycles. The molecule has 140 valence electrons. The highest BCUT2D eigenvalue weighted by molar-refractivity contribution is 5.79. The first-order valence-corrected chi connectivity index (χ1v) is 9.47. The molecule has 1 aromatic rings. The van der Waals surface area contributed by atoms with Gasteiger partial charge in [0.05, 0.1) is 6.61 Å². The van der Waals surface area contributed by atoms with E-state index in [0.29, 0.717) is 13.2 Å². The SMILES string of the molecule is CCOc1cc(C)ccc1CNC(=NC)NCCC1CCN(C)CC1. The molecule has 1 aliphatic heterocycles. The van der Waals surface area contributed by atoms with E-state index in [4.69, 9.17) is 4.74 Å². The van der Waals surface area contributed by atoms with Gasteiger partial charge in [0, 0.05) is 25.7 Å². The van der Waals surface area contributed by atoms with Crippen molar-refractivity contribution in [1.82, 2.24) is 15.5 Å². The molecule has 0 unspecified atom stereocenters. The highest BCUT2D eigenvalue weighted by Gasteiger charge is 2.16. The lowest BCUT2D eigenvalue weighted by atomic mass is 9.94. The third-order valence-corrected chi connectivity index (χ3v) is 4.88. The fraction of sp³-hybridized carbons (Fsp3) is 0.650. The Kier molecular flexibility index (Phi) is 8.06. The average Bonchev–Trinajstić information content (AvgIpc) is 2.61. The smallest absolute Gasteiger partial charge is 0.191 e. The molecule has 0 saturated carbocycles. The number of piperidine rings is 1. The maximum absolute atomic E-state index is 5.75. The Labute approximate surface area is 152 Å². The van der Waals surface area contributed by atoms with Crippen molar-refractivity contribution in [2.24, 2.45) is 10.9 Å². The minimum atomic E-state index is 0.681. The Balaban J connectivity index is 1.77. The topological polar surface area (TPSA) is 48.9 Å². The van der Waals surface area contributed by atoms with Crippen LogP contribution in [0.5, 0.6) is 5.75 Å². The largest absolute Gasteiger partial charge is 0.494 e. The number of hydrogen-bond acceptors (Lipinski definition) is 3. The second-order valence-corrected chi connectivity index (χ2v) is 6.93. The second-order valence-electron chi connectivity index (χ2n) is 6.93. The number of likely N-dealkylation sites (tertiary alicyclic amines) is 1. The number of ether oxygens (including phenoxy) is 1. The number of aryl methyl sites for hydroxylation is 1. The summed E-state index contributed by atoms with van der Waals surface area (Å²) < 4.78 is 5.75. The Morgan fingerprint density at radius 1 is 1.28 bits per heavy atom. The van der Waals surface area contributed by atoms with Gasteiger partial charge < -0.3 is 20.3 Å². The lowest BCUT2D eigenvalue weighted by Crippen LogP contribution is -2.38. The third-order valence-electron chi connectivity index (χ3n) is 4.88. The van der Waals surface area contributed by atoms with E-state index < -0.39 is 0 Å². The molecule has 5 nitrogen and oxygen atoms in total. The van der Waals surface area contributed by atoms with Crippen molar-refractivity contribution < 1.29 is 4.74 Å². The molecule has 0 radical (unpaired) electrons. The van der Waals surface area contributed by atoms with Crippen LogP contribution in [0.3, 0.4) is 0 Å². The molecule has 2 N–H and O–H groups in total. The molecule has 0 aliphatic carbocycles. The van der Waals surface area contributed by atoms with Gasteiger partial charge in [-0.1, -0.05) is 12.1 Å². The molecule has 0 aromatic heterocycles. The first-order valence-electron chi connectivity index (χ1n) is 9.47. The standard InChI is InChI=1S/C20H34N4O/c1-5-25-19-14-16(2)6-7-18(19)15-23-20(21-3)22-11-8-17-9-12-24(4)13-10-17/h6-7,14,17H,5,8-13,15H2,1-4H3,(H2,21,22,23). The zero-order chi connectivity index (χ0) is 18.1. The number of nitrogens with zero attached hydrogens (tertiary/aromatic N) is 2. The molecule has 1 fully saturated rings. The molecule has 2 rings (SSSR count). The molecule has 5 heteroatoms. The zero-order valence-corrected chi connectivity index (χ0v) is 16.3. The van der Waals surface area contributed by atoms with Crippen molar-refractivity contribution in [3.8, 4) is 5.75 Å². The maximum atomic E-state index is 5.75. The van der Waals surface area contributed by atoms with Crippen LogP contribution in [0.1, 0.15) is 37.3 Å². The summed E-state index contributed by atoms with van der Waals surface area (Å²) in [6.45, 7) is 8.92. The van der Waals surface area contributed by atoms with Crippen LogP contribution in [0.4, 0.5) is 0 Å². The first kappa shape index (κ1) is 19.6. The molecule has 0 atom stereocenters. The van der Waals surface area contributed by atoms with Gasteiger partial charge in [-0.15, -0.1) is 0 Å². The van der Waals surface area contributed by atoms with Crippen LogP contribution in [0, 0.1) is 12.8 Å². The van der Waals surface area contributed by atoms with E-state index in [1.165, 1.54) is 37.9 Å². The lowest BCUT2D eigenvalue weighted by molar-refractivity contribution is 0.213. The molecule has 25 heavy (non-hydrogen) atoms. The van der Waals surface area contributed by atoms with E-state index >= 15 is 0 Å². The molecule has 1 aromatic carbocycles. The van der Waals surface area contributed by atoms with E-state index in [-0.39, 0.29) is 0 Å². The molecule has 0 amide bonds. The summed E-state index contributed by atoms with van der Waals surface area (Å²) in [4.78, 5) is 6.76. The molecule has 1 saturated heterocycles. The molecule has 1 aliphatic rings. The normalized spacial score (nSPS) is 16.7. The summed E-state index contributed by atoms with van der Waals surface area (Å²) in [6, 6.07) is 6.34. The highest BCUT2D eigenvalue weighted by Crippen LogP contribution is 2.20. The monoisotopic (exact) mass is 346 g/mol. The number of aliphatic imine (C=N–C) groups is 1. The summed E-state index contributed by atoms with van der Waals surface area (Å²) in [7, 11) is 4.03. The van der Waals surface area contributed by atoms with Crippen LogP contribution in [0.2, 0.25) is 0 Å². The maximum Gasteiger partial charge on any atom is 0.191 e. The van der Waals surface area contributed by atoms with Crippen molar-refractivity contribution in [3.63, 3.8) is 0 Å². The molecular weight excluding hydrogens is 312 g/mol. The number of rotatable bonds is 7. The van der Waals surface area contributed by atoms with Gasteiger partial charge in [0.15, 0.2) is 5.96 Å². The Morgan fingerprint density at radius 3 is 2.72 bits per heavy atom. The average molecular weight is 347 g/mol. The first-order chi connectivity index (χ1) is 12.1. The summed E-state index contributed by atoms with van der Waals surface area (Å²) in [5.41, 5.74) is 2.37. The summed E-state index contributed by atoms with van der Waals surface area (Å²) in [5.74, 6) is 2.65. The van der Waals surface area contributed by atoms with Gasteiger partial charge in [-0.3, -0.25) is 4.99 Å². The van der Waals surface area contributed by atoms with Crippen molar-refractivity contribution in [1.29, 1.82) is 0 Å². The Bertz CT molecular complexity index is 551. The summed E-state index contributed by atoms with van der Waals surface area (Å²) in [5, 5.41) is 6.84. The highest BCUT2D eigenvalue weighted by atomic mass is 16.5. The summed E-state index contributed by atoms with van der Waals surface area (Å²) >= 11 is 0. The van der Waals surface area contributed by atoms with E-state index in [1.54, 1.807) is 0 Å². The van der Waals surface area contributed by atoms with Crippen molar-refractivity contribution in [2.75, 3.05) is 40.3 Å². The fourth-order valence-electron chi connectivity index (χ4n) is 3.24. The second kappa shape index (κ2) is 10.3. The van der Waals surface area contributed by atoms with E-state index in [1.807, 2.05) is 14.0 Å². The Hall–Kier alpha value is -1.75. The van der Waals surface area contributed by atoms with E-state index in [2.05, 4.69) is 52.7 Å². The van der Waals surface area contributed by atoms with Crippen LogP contribution in [0.15, 0.2) is 23.2 Å². The van der Waals surface area contributed by atoms with Gasteiger partial charge in [-0.25, -0.2) is 0 Å². The van der Waals surface area contributed by atoms with Gasteiger partial charge in [0.25, 0.3) is 0 Å². The lowest BCUT2D eigenvalue weighted by Gasteiger charge is -2.29. The predicted octanol–water partition coefficient (Wildman–Crippen LogP) is 2.79. The van der Waals surface area contributed by atoms with Gasteiger partial charge in [-0.05, 0) is 70.8 Å². The van der Waals surface area contributed by atoms with E-state index in [0.717, 1.165) is 29.7 Å². The quantitative estimate of drug-likeness (QED) is 0.589. The van der Waals surface area contributed by atoms with Gasteiger partial charge in [-0.2, -0.15) is 0 Å².